The van der Waals surface area contributed by atoms with Crippen molar-refractivity contribution in [3.8, 4) is 11.6 Å². The highest BCUT2D eigenvalue weighted by Crippen LogP contribution is 2.29. The molecular formula is C20H14N4O4S. The highest BCUT2D eigenvalue weighted by Gasteiger charge is 2.20. The number of aromatic nitrogens is 1. The van der Waals surface area contributed by atoms with Crippen molar-refractivity contribution in [2.24, 2.45) is 10.2 Å². The number of aryl methyl sites for hydroxylation is 1. The third kappa shape index (κ3) is 3.39. The molecule has 1 N–H and O–H groups in total. The molecule has 0 bridgehead atoms. The maximum absolute atomic E-state index is 12.5. The molecule has 1 aromatic heterocycles. The molecule has 8 nitrogen and oxygen atoms in total. The first-order chi connectivity index (χ1) is 14.0. The summed E-state index contributed by atoms with van der Waals surface area (Å²) in [7, 11) is 0. The largest absolute Gasteiger partial charge is 0.493 e. The second kappa shape index (κ2) is 7.28. The number of benzene rings is 2. The Hall–Kier alpha value is -3.85. The van der Waals surface area contributed by atoms with Crippen molar-refractivity contribution in [3.63, 3.8) is 0 Å². The highest BCUT2D eigenvalue weighted by atomic mass is 32.1. The summed E-state index contributed by atoms with van der Waals surface area (Å²) in [5, 5.41) is 29.7. The lowest BCUT2D eigenvalue weighted by Gasteiger charge is -2.07. The lowest BCUT2D eigenvalue weighted by atomic mass is 10.0. The first-order valence-corrected chi connectivity index (χ1v) is 9.36. The van der Waals surface area contributed by atoms with E-state index in [1.165, 1.54) is 22.9 Å². The molecule has 0 atom stereocenters. The van der Waals surface area contributed by atoms with Gasteiger partial charge in [-0.2, -0.15) is 5.10 Å². The average molecular weight is 406 g/mol. The number of hydrogen-bond acceptors (Lipinski definition) is 7. The first kappa shape index (κ1) is 18.5. The van der Waals surface area contributed by atoms with Crippen LogP contribution < -0.4 is 4.87 Å². The number of allylic oxidation sites excluding steroid dienone is 1. The minimum atomic E-state index is -0.483. The van der Waals surface area contributed by atoms with E-state index < -0.39 is 4.92 Å². The van der Waals surface area contributed by atoms with Crippen LogP contribution in [-0.4, -0.2) is 26.5 Å². The Morgan fingerprint density at radius 3 is 2.76 bits per heavy atom. The molecule has 144 valence electrons. The van der Waals surface area contributed by atoms with Crippen LogP contribution in [0, 0.1) is 17.0 Å². The summed E-state index contributed by atoms with van der Waals surface area (Å²) in [6.45, 7) is 1.85. The van der Waals surface area contributed by atoms with E-state index in [2.05, 4.69) is 10.2 Å². The monoisotopic (exact) mass is 406 g/mol. The molecule has 0 aliphatic carbocycles. The molecule has 0 saturated heterocycles. The second-order valence-electron chi connectivity index (χ2n) is 6.28. The van der Waals surface area contributed by atoms with E-state index in [-0.39, 0.29) is 16.4 Å². The third-order valence-corrected chi connectivity index (χ3v) is 5.29. The van der Waals surface area contributed by atoms with Crippen LogP contribution in [0.2, 0.25) is 0 Å². The number of hydrogen-bond donors (Lipinski definition) is 1. The first-order valence-electron chi connectivity index (χ1n) is 8.54. The van der Waals surface area contributed by atoms with Crippen LogP contribution in [0.5, 0.6) is 5.88 Å². The van der Waals surface area contributed by atoms with E-state index in [1.807, 2.05) is 19.1 Å². The van der Waals surface area contributed by atoms with Crippen LogP contribution in [0.25, 0.3) is 11.8 Å². The standard InChI is InChI=1S/C20H14N4O4S/c1-12-5-2-3-8-16(12)23-19(25)17(29-20(23)26)10-14-11-21-22-18(14)13-6-4-7-15(9-13)24(27)28/h2-11,25H,1H3/b14-10-. The van der Waals surface area contributed by atoms with E-state index in [0.717, 1.165) is 16.9 Å². The number of nitrogens with zero attached hydrogens (tertiary/aromatic N) is 4. The molecule has 0 unspecified atom stereocenters. The van der Waals surface area contributed by atoms with Crippen LogP contribution >= 0.6 is 11.3 Å². The number of rotatable bonds is 4. The Kier molecular flexibility index (Phi) is 4.65. The topological polar surface area (TPSA) is 110 Å². The summed E-state index contributed by atoms with van der Waals surface area (Å²) in [4.78, 5) is 23.1. The van der Waals surface area contributed by atoms with Gasteiger partial charge in [0.05, 0.1) is 21.7 Å². The smallest absolute Gasteiger partial charge is 0.315 e. The van der Waals surface area contributed by atoms with Crippen molar-refractivity contribution >= 4 is 35.0 Å². The lowest BCUT2D eigenvalue weighted by molar-refractivity contribution is -0.384. The van der Waals surface area contributed by atoms with Crippen LogP contribution in [0.15, 0.2) is 69.1 Å². The Morgan fingerprint density at radius 2 is 2.00 bits per heavy atom. The van der Waals surface area contributed by atoms with E-state index in [1.54, 1.807) is 30.3 Å². The second-order valence-corrected chi connectivity index (χ2v) is 7.27. The maximum atomic E-state index is 12.5. The maximum Gasteiger partial charge on any atom is 0.315 e. The SMILES string of the molecule is Cc1ccccc1-n1c(O)c(/C=C2/C=NN=C2c2cccc([N+](=O)[O-])c2)sc1=O. The number of para-hydroxylation sites is 1. The van der Waals surface area contributed by atoms with E-state index in [4.69, 9.17) is 0 Å². The van der Waals surface area contributed by atoms with Gasteiger partial charge in [-0.05, 0) is 24.6 Å². The minimum Gasteiger partial charge on any atom is -0.493 e. The minimum absolute atomic E-state index is 0.0605. The zero-order valence-corrected chi connectivity index (χ0v) is 16.0. The Morgan fingerprint density at radius 1 is 1.21 bits per heavy atom. The molecule has 9 heteroatoms. The zero-order chi connectivity index (χ0) is 20.5. The van der Waals surface area contributed by atoms with Gasteiger partial charge in [-0.15, -0.1) is 5.10 Å². The number of thiazole rings is 1. The normalized spacial score (nSPS) is 14.4. The predicted octanol–water partition coefficient (Wildman–Crippen LogP) is 3.69. The average Bonchev–Trinajstić information content (AvgIpc) is 3.27. The summed E-state index contributed by atoms with van der Waals surface area (Å²) < 4.78 is 1.25. The molecule has 3 aromatic rings. The Labute approximate surface area is 168 Å². The lowest BCUT2D eigenvalue weighted by Crippen LogP contribution is -2.10. The summed E-state index contributed by atoms with van der Waals surface area (Å²) >= 11 is 0.893. The molecule has 1 aliphatic rings. The van der Waals surface area contributed by atoms with Gasteiger partial charge >= 0.3 is 4.87 Å². The van der Waals surface area contributed by atoms with Gasteiger partial charge in [0.25, 0.3) is 5.69 Å². The fourth-order valence-corrected chi connectivity index (χ4v) is 3.84. The van der Waals surface area contributed by atoms with E-state index >= 15 is 0 Å². The number of non-ortho nitro benzene ring substituents is 1. The fourth-order valence-electron chi connectivity index (χ4n) is 3.01. The Bertz CT molecular complexity index is 1280. The van der Waals surface area contributed by atoms with Crippen LogP contribution in [0.3, 0.4) is 0 Å². The van der Waals surface area contributed by atoms with Crippen LogP contribution in [-0.2, 0) is 0 Å². The molecular weight excluding hydrogens is 392 g/mol. The van der Waals surface area contributed by atoms with Crippen LogP contribution in [0.1, 0.15) is 16.0 Å². The molecule has 0 radical (unpaired) electrons. The van der Waals surface area contributed by atoms with Crippen molar-refractivity contribution < 1.29 is 10.0 Å². The molecule has 4 rings (SSSR count). The molecule has 29 heavy (non-hydrogen) atoms. The van der Waals surface area contributed by atoms with Crippen molar-refractivity contribution in [2.45, 2.75) is 6.92 Å². The summed E-state index contributed by atoms with van der Waals surface area (Å²) in [5.74, 6) is -0.180. The van der Waals surface area contributed by atoms with Crippen LogP contribution in [0.4, 0.5) is 5.69 Å². The summed E-state index contributed by atoms with van der Waals surface area (Å²) in [6, 6.07) is 13.3. The van der Waals surface area contributed by atoms with E-state index in [0.29, 0.717) is 27.4 Å². The quantitative estimate of drug-likeness (QED) is 0.526. The molecule has 0 amide bonds. The number of nitro benzene ring substituents is 1. The molecule has 0 saturated carbocycles. The Balaban J connectivity index is 1.77. The van der Waals surface area contributed by atoms with Crippen molar-refractivity contribution in [1.82, 2.24) is 4.57 Å². The summed E-state index contributed by atoms with van der Waals surface area (Å²) in [5.41, 5.74) is 2.88. The summed E-state index contributed by atoms with van der Waals surface area (Å²) in [6.07, 6.45) is 3.08. The number of nitro groups is 1. The van der Waals surface area contributed by atoms with Gasteiger partial charge in [0, 0.05) is 23.3 Å². The highest BCUT2D eigenvalue weighted by molar-refractivity contribution is 7.10. The van der Waals surface area contributed by atoms with Gasteiger partial charge in [0.1, 0.15) is 5.71 Å². The van der Waals surface area contributed by atoms with Gasteiger partial charge < -0.3 is 5.11 Å². The van der Waals surface area contributed by atoms with Gasteiger partial charge in [-0.1, -0.05) is 41.7 Å². The predicted molar refractivity (Wildman–Crippen MR) is 112 cm³/mol. The van der Waals surface area contributed by atoms with Gasteiger partial charge in [-0.25, -0.2) is 4.57 Å². The number of aromatic hydroxyl groups is 1. The van der Waals surface area contributed by atoms with Gasteiger partial charge in [-0.3, -0.25) is 14.9 Å². The van der Waals surface area contributed by atoms with E-state index in [9.17, 15) is 20.0 Å². The molecule has 1 aliphatic heterocycles. The molecule has 0 fully saturated rings. The van der Waals surface area contributed by atoms with Gasteiger partial charge in [0.15, 0.2) is 0 Å². The molecule has 2 aromatic carbocycles. The van der Waals surface area contributed by atoms with Crippen molar-refractivity contribution in [1.29, 1.82) is 0 Å². The third-order valence-electron chi connectivity index (χ3n) is 4.41. The zero-order valence-electron chi connectivity index (χ0n) is 15.1. The fraction of sp³-hybridized carbons (Fsp3) is 0.0500. The molecule has 2 heterocycles. The van der Waals surface area contributed by atoms with Crippen molar-refractivity contribution in [2.75, 3.05) is 0 Å². The van der Waals surface area contributed by atoms with Crippen molar-refractivity contribution in [3.05, 3.63) is 89.9 Å². The molecule has 0 spiro atoms. The van der Waals surface area contributed by atoms with Gasteiger partial charge in [0.2, 0.25) is 5.88 Å².